The molecule has 2 unspecified atom stereocenters. The molecule has 1 aromatic heterocycles. The zero-order valence-electron chi connectivity index (χ0n) is 27.9. The third kappa shape index (κ3) is 10.5. The fourth-order valence-corrected chi connectivity index (χ4v) is 6.01. The number of nitrogens with zero attached hydrogens (tertiary/aromatic N) is 5. The molecule has 2 saturated heterocycles. The molecule has 0 aliphatic carbocycles. The van der Waals surface area contributed by atoms with Crippen molar-refractivity contribution in [2.75, 3.05) is 52.5 Å². The van der Waals surface area contributed by atoms with E-state index in [1.165, 1.54) is 0 Å². The molecule has 2 fully saturated rings. The van der Waals surface area contributed by atoms with Crippen LogP contribution in [0, 0.1) is 0 Å². The van der Waals surface area contributed by atoms with Gasteiger partial charge in [-0.15, -0.1) is 0 Å². The molecule has 2 amide bonds. The minimum atomic E-state index is -0.612. The summed E-state index contributed by atoms with van der Waals surface area (Å²) in [4.78, 5) is 64.6. The summed E-state index contributed by atoms with van der Waals surface area (Å²) in [5.74, 6) is -0.925. The number of carbonyl (C=O) groups is 4. The van der Waals surface area contributed by atoms with Crippen molar-refractivity contribution in [1.29, 1.82) is 0 Å². The minimum Gasteiger partial charge on any atom is -0.458 e. The lowest BCUT2D eigenvalue weighted by Gasteiger charge is -2.30. The highest BCUT2D eigenvalue weighted by atomic mass is 16.6. The van der Waals surface area contributed by atoms with Gasteiger partial charge >= 0.3 is 11.9 Å². The highest BCUT2D eigenvalue weighted by Crippen LogP contribution is 2.23. The van der Waals surface area contributed by atoms with E-state index in [0.717, 1.165) is 24.2 Å². The predicted octanol–water partition coefficient (Wildman–Crippen LogP) is 2.38. The second-order valence-corrected chi connectivity index (χ2v) is 14.2. The smallest absolute Gasteiger partial charge is 0.329 e. The Bertz CT molecular complexity index is 1120. The number of fused-ring (bicyclic) bond motifs is 2. The largest absolute Gasteiger partial charge is 0.458 e. The van der Waals surface area contributed by atoms with Crippen molar-refractivity contribution in [3.05, 3.63) is 29.6 Å². The van der Waals surface area contributed by atoms with Crippen molar-refractivity contribution in [1.82, 2.24) is 24.6 Å². The third-order valence-electron chi connectivity index (χ3n) is 7.96. The number of hydrogen-bond acceptors (Lipinski definition) is 10. The maximum Gasteiger partial charge on any atom is 0.329 e. The summed E-state index contributed by atoms with van der Waals surface area (Å²) in [6, 6.07) is 4.68. The van der Waals surface area contributed by atoms with Crippen LogP contribution in [-0.2, 0) is 46.5 Å². The molecule has 250 valence electrons. The summed E-state index contributed by atoms with van der Waals surface area (Å²) in [5, 5.41) is 0. The molecule has 4 heterocycles. The van der Waals surface area contributed by atoms with Gasteiger partial charge in [-0.1, -0.05) is 6.07 Å². The molecule has 0 radical (unpaired) electrons. The van der Waals surface area contributed by atoms with Crippen LogP contribution in [0.2, 0.25) is 0 Å². The topological polar surface area (TPSA) is 122 Å². The molecule has 12 heteroatoms. The number of hydrogen-bond donors (Lipinski definition) is 0. The third-order valence-corrected chi connectivity index (χ3v) is 7.96. The van der Waals surface area contributed by atoms with Gasteiger partial charge in [0.05, 0.1) is 37.7 Å². The zero-order valence-corrected chi connectivity index (χ0v) is 27.9. The van der Waals surface area contributed by atoms with Gasteiger partial charge in [0.1, 0.15) is 23.3 Å². The molecule has 2 atom stereocenters. The summed E-state index contributed by atoms with van der Waals surface area (Å²) in [7, 11) is 0. The number of likely N-dealkylation sites (tertiary alicyclic amines) is 2. The van der Waals surface area contributed by atoms with E-state index < -0.39 is 23.3 Å². The average molecular weight is 630 g/mol. The fraction of sp³-hybridized carbons (Fsp3) is 0.727. The Hall–Kier alpha value is -3.09. The molecule has 45 heavy (non-hydrogen) atoms. The van der Waals surface area contributed by atoms with Crippen LogP contribution < -0.4 is 0 Å². The first-order chi connectivity index (χ1) is 21.2. The van der Waals surface area contributed by atoms with Crippen LogP contribution in [-0.4, -0.2) is 124 Å². The predicted molar refractivity (Wildman–Crippen MR) is 167 cm³/mol. The summed E-state index contributed by atoms with van der Waals surface area (Å²) < 4.78 is 17.1. The van der Waals surface area contributed by atoms with Crippen LogP contribution in [0.4, 0.5) is 0 Å². The Kier molecular flexibility index (Phi) is 11.6. The summed E-state index contributed by atoms with van der Waals surface area (Å²) in [5.41, 5.74) is 0.390. The number of ether oxygens (including phenoxy) is 3. The first-order valence-electron chi connectivity index (χ1n) is 16.2. The van der Waals surface area contributed by atoms with Crippen LogP contribution in [0.25, 0.3) is 0 Å². The van der Waals surface area contributed by atoms with Gasteiger partial charge in [-0.2, -0.15) is 0 Å². The van der Waals surface area contributed by atoms with Crippen molar-refractivity contribution < 1.29 is 33.4 Å². The van der Waals surface area contributed by atoms with Gasteiger partial charge in [0.15, 0.2) is 0 Å². The van der Waals surface area contributed by atoms with E-state index >= 15 is 0 Å². The Morgan fingerprint density at radius 3 is 1.56 bits per heavy atom. The van der Waals surface area contributed by atoms with E-state index in [1.54, 1.807) is 9.80 Å². The molecule has 3 aliphatic heterocycles. The quantitative estimate of drug-likeness (QED) is 0.434. The monoisotopic (exact) mass is 629 g/mol. The van der Waals surface area contributed by atoms with Gasteiger partial charge in [0.2, 0.25) is 11.8 Å². The number of aromatic nitrogens is 1. The Morgan fingerprint density at radius 2 is 1.16 bits per heavy atom. The Balaban J connectivity index is 1.39. The summed E-state index contributed by atoms with van der Waals surface area (Å²) in [6.45, 7) is 15.0. The van der Waals surface area contributed by atoms with Gasteiger partial charge < -0.3 is 24.0 Å². The minimum absolute atomic E-state index is 0.108. The fourth-order valence-electron chi connectivity index (χ4n) is 6.01. The average Bonchev–Trinajstić information content (AvgIpc) is 3.61. The lowest BCUT2D eigenvalue weighted by molar-refractivity contribution is -0.163. The number of amides is 2. The standard InChI is InChI=1S/C33H51N5O7/c1-32(2,3)44-30(41)26-12-8-14-37(26)28(39)22-35-16-18-43-19-17-36(21-25-11-7-10-24(20-35)34-25)23-29(40)38-15-9-13-27(38)31(42)45-33(4,5)6/h7,10-11,26-27H,8-9,12-23H2,1-6H3. The Morgan fingerprint density at radius 1 is 0.733 bits per heavy atom. The molecule has 0 saturated carbocycles. The van der Waals surface area contributed by atoms with Gasteiger partial charge in [0, 0.05) is 39.3 Å². The van der Waals surface area contributed by atoms with Gasteiger partial charge in [-0.25, -0.2) is 9.59 Å². The van der Waals surface area contributed by atoms with Crippen molar-refractivity contribution in [3.8, 4) is 0 Å². The van der Waals surface area contributed by atoms with Crippen molar-refractivity contribution in [3.63, 3.8) is 0 Å². The molecule has 0 N–H and O–H groups in total. The van der Waals surface area contributed by atoms with Crippen LogP contribution in [0.5, 0.6) is 0 Å². The number of pyridine rings is 1. The van der Waals surface area contributed by atoms with Crippen molar-refractivity contribution >= 4 is 23.8 Å². The normalized spacial score (nSPS) is 22.4. The first kappa shape index (κ1) is 34.8. The lowest BCUT2D eigenvalue weighted by atomic mass is 10.1. The zero-order chi connectivity index (χ0) is 32.8. The molecular weight excluding hydrogens is 578 g/mol. The second-order valence-electron chi connectivity index (χ2n) is 14.2. The van der Waals surface area contributed by atoms with E-state index in [1.807, 2.05) is 69.5 Å². The molecule has 4 rings (SSSR count). The van der Waals surface area contributed by atoms with E-state index in [-0.39, 0.29) is 36.8 Å². The molecule has 3 aliphatic rings. The highest BCUT2D eigenvalue weighted by Gasteiger charge is 2.38. The van der Waals surface area contributed by atoms with E-state index in [4.69, 9.17) is 19.2 Å². The van der Waals surface area contributed by atoms with Gasteiger partial charge in [-0.3, -0.25) is 24.4 Å². The van der Waals surface area contributed by atoms with E-state index in [0.29, 0.717) is 65.3 Å². The number of carbonyl (C=O) groups excluding carboxylic acids is 4. The number of esters is 2. The van der Waals surface area contributed by atoms with E-state index in [9.17, 15) is 19.2 Å². The van der Waals surface area contributed by atoms with Crippen LogP contribution in [0.1, 0.15) is 78.6 Å². The Labute approximate surface area is 267 Å². The van der Waals surface area contributed by atoms with Gasteiger partial charge in [-0.05, 0) is 79.4 Å². The number of rotatable bonds is 6. The van der Waals surface area contributed by atoms with Crippen LogP contribution in [0.15, 0.2) is 18.2 Å². The van der Waals surface area contributed by atoms with Crippen molar-refractivity contribution in [2.45, 2.75) is 104 Å². The second kappa shape index (κ2) is 15.0. The molecule has 12 nitrogen and oxygen atoms in total. The molecular formula is C33H51N5O7. The molecule has 0 aromatic carbocycles. The van der Waals surface area contributed by atoms with E-state index in [2.05, 4.69) is 0 Å². The molecule has 0 spiro atoms. The SMILES string of the molecule is CC(C)(C)OC(=O)C1CCCN1C(=O)CN1CCOCCN(CC(=O)N2CCCC2C(=O)OC(C)(C)C)Cc2cccc(n2)C1. The van der Waals surface area contributed by atoms with Crippen LogP contribution >= 0.6 is 0 Å². The maximum absolute atomic E-state index is 13.4. The molecule has 1 aromatic rings. The highest BCUT2D eigenvalue weighted by molar-refractivity contribution is 5.87. The molecule has 2 bridgehead atoms. The van der Waals surface area contributed by atoms with Crippen LogP contribution in [0.3, 0.4) is 0 Å². The van der Waals surface area contributed by atoms with Crippen molar-refractivity contribution in [2.24, 2.45) is 0 Å². The summed E-state index contributed by atoms with van der Waals surface area (Å²) in [6.07, 6.45) is 2.74. The summed E-state index contributed by atoms with van der Waals surface area (Å²) >= 11 is 0. The maximum atomic E-state index is 13.4. The first-order valence-corrected chi connectivity index (χ1v) is 16.2. The van der Waals surface area contributed by atoms with Gasteiger partial charge in [0.25, 0.3) is 0 Å². The lowest BCUT2D eigenvalue weighted by Crippen LogP contribution is -2.48.